The van der Waals surface area contributed by atoms with E-state index in [0.29, 0.717) is 6.54 Å². The Kier molecular flexibility index (Phi) is 4.33. The molecule has 0 amide bonds. The van der Waals surface area contributed by atoms with Crippen LogP contribution in [0.2, 0.25) is 0 Å². The number of nitrogens with one attached hydrogen (secondary N) is 1. The van der Waals surface area contributed by atoms with Gasteiger partial charge < -0.3 is 15.1 Å². The zero-order chi connectivity index (χ0) is 13.0. The average Bonchev–Trinajstić information content (AvgIpc) is 2.40. The molecule has 2 rings (SSSR count). The number of hydrogen-bond acceptors (Lipinski definition) is 4. The molecule has 1 aliphatic heterocycles. The molecule has 98 valence electrons. The van der Waals surface area contributed by atoms with E-state index in [1.165, 1.54) is 0 Å². The highest BCUT2D eigenvalue weighted by atomic mass is 16.1. The molecule has 18 heavy (non-hydrogen) atoms. The van der Waals surface area contributed by atoms with Crippen LogP contribution in [0.25, 0.3) is 0 Å². The van der Waals surface area contributed by atoms with E-state index in [9.17, 15) is 4.79 Å². The van der Waals surface area contributed by atoms with Gasteiger partial charge in [-0.05, 0) is 26.2 Å². The Balaban J connectivity index is 2.09. The molecule has 1 aromatic rings. The summed E-state index contributed by atoms with van der Waals surface area (Å²) in [6.07, 6.45) is 0. The highest BCUT2D eigenvalue weighted by Crippen LogP contribution is 2.18. The van der Waals surface area contributed by atoms with Gasteiger partial charge in [0.15, 0.2) is 5.78 Å². The minimum absolute atomic E-state index is 0.147. The molecule has 1 saturated heterocycles. The Morgan fingerprint density at radius 3 is 2.67 bits per heavy atom. The number of anilines is 1. The summed E-state index contributed by atoms with van der Waals surface area (Å²) in [5.41, 5.74) is 1.95. The maximum absolute atomic E-state index is 11.8. The molecule has 1 heterocycles. The highest BCUT2D eigenvalue weighted by Gasteiger charge is 2.15. The molecule has 4 nitrogen and oxygen atoms in total. The molecule has 0 aliphatic carbocycles. The van der Waals surface area contributed by atoms with E-state index < -0.39 is 0 Å². The first-order valence-corrected chi connectivity index (χ1v) is 6.42. The van der Waals surface area contributed by atoms with Crippen LogP contribution in [0.1, 0.15) is 10.4 Å². The molecule has 1 N–H and O–H groups in total. The fraction of sp³-hybridized carbons (Fsp3) is 0.500. The molecule has 0 unspecified atom stereocenters. The Hall–Kier alpha value is -1.39. The zero-order valence-corrected chi connectivity index (χ0v) is 11.1. The number of likely N-dealkylation sites (N-methyl/N-ethyl adjacent to an activating group) is 2. The summed E-state index contributed by atoms with van der Waals surface area (Å²) < 4.78 is 0. The van der Waals surface area contributed by atoms with Crippen LogP contribution < -0.4 is 10.2 Å². The first kappa shape index (κ1) is 13.1. The maximum atomic E-state index is 11.8. The summed E-state index contributed by atoms with van der Waals surface area (Å²) in [5, 5.41) is 2.90. The average molecular weight is 247 g/mol. The molecule has 1 aromatic carbocycles. The van der Waals surface area contributed by atoms with E-state index in [1.54, 1.807) is 7.05 Å². The Labute approximate surface area is 109 Å². The van der Waals surface area contributed by atoms with Gasteiger partial charge in [0.1, 0.15) is 0 Å². The van der Waals surface area contributed by atoms with Crippen molar-refractivity contribution in [2.45, 2.75) is 0 Å². The van der Waals surface area contributed by atoms with Gasteiger partial charge in [0.25, 0.3) is 0 Å². The molecule has 4 heteroatoms. The number of benzene rings is 1. The van der Waals surface area contributed by atoms with Crippen molar-refractivity contribution in [2.24, 2.45) is 0 Å². The second-order valence-corrected chi connectivity index (χ2v) is 4.79. The first-order chi connectivity index (χ1) is 8.70. The largest absolute Gasteiger partial charge is 0.369 e. The summed E-state index contributed by atoms with van der Waals surface area (Å²) in [7, 11) is 3.94. The number of carbonyl (C=O) groups excluding carboxylic acids is 1. The number of Topliss-reactive ketones (excluding diaryl/α,β-unsaturated/α-hetero) is 1. The van der Waals surface area contributed by atoms with E-state index in [0.717, 1.165) is 37.4 Å². The van der Waals surface area contributed by atoms with Crippen molar-refractivity contribution in [1.82, 2.24) is 10.2 Å². The summed E-state index contributed by atoms with van der Waals surface area (Å²) in [4.78, 5) is 16.5. The molecule has 0 aromatic heterocycles. The van der Waals surface area contributed by atoms with Crippen LogP contribution in [-0.2, 0) is 0 Å². The van der Waals surface area contributed by atoms with E-state index in [4.69, 9.17) is 0 Å². The van der Waals surface area contributed by atoms with Crippen LogP contribution in [0.15, 0.2) is 24.3 Å². The van der Waals surface area contributed by atoms with Crippen LogP contribution in [0.3, 0.4) is 0 Å². The van der Waals surface area contributed by atoms with Crippen LogP contribution in [0.5, 0.6) is 0 Å². The quantitative estimate of drug-likeness (QED) is 0.800. The van der Waals surface area contributed by atoms with E-state index in [2.05, 4.69) is 28.2 Å². The van der Waals surface area contributed by atoms with Crippen molar-refractivity contribution in [3.8, 4) is 0 Å². The Bertz CT molecular complexity index is 411. The predicted molar refractivity (Wildman–Crippen MR) is 74.4 cm³/mol. The van der Waals surface area contributed by atoms with Crippen molar-refractivity contribution in [3.05, 3.63) is 29.8 Å². The van der Waals surface area contributed by atoms with Gasteiger partial charge in [0, 0.05) is 37.4 Å². The molecule has 1 fully saturated rings. The van der Waals surface area contributed by atoms with E-state index >= 15 is 0 Å². The van der Waals surface area contributed by atoms with Crippen LogP contribution in [0.4, 0.5) is 5.69 Å². The Morgan fingerprint density at radius 1 is 1.28 bits per heavy atom. The van der Waals surface area contributed by atoms with Gasteiger partial charge in [-0.3, -0.25) is 4.79 Å². The molecular formula is C14H21N3O. The lowest BCUT2D eigenvalue weighted by molar-refractivity contribution is 0.0993. The lowest BCUT2D eigenvalue weighted by Gasteiger charge is -2.34. The second kappa shape index (κ2) is 5.98. The fourth-order valence-electron chi connectivity index (χ4n) is 2.20. The number of carbonyl (C=O) groups is 1. The molecule has 0 atom stereocenters. The topological polar surface area (TPSA) is 35.6 Å². The fourth-order valence-corrected chi connectivity index (χ4v) is 2.20. The molecule has 0 bridgehead atoms. The van der Waals surface area contributed by atoms with Gasteiger partial charge in [-0.15, -0.1) is 0 Å². The monoisotopic (exact) mass is 247 g/mol. The Morgan fingerprint density at radius 2 is 2.00 bits per heavy atom. The van der Waals surface area contributed by atoms with Crippen molar-refractivity contribution in [1.29, 1.82) is 0 Å². The normalized spacial score (nSPS) is 16.9. The smallest absolute Gasteiger partial charge is 0.176 e. The summed E-state index contributed by atoms with van der Waals surface area (Å²) in [6.45, 7) is 4.61. The number of hydrogen-bond donors (Lipinski definition) is 1. The van der Waals surface area contributed by atoms with Gasteiger partial charge >= 0.3 is 0 Å². The standard InChI is InChI=1S/C14H21N3O/c1-15-11-14(18)12-4-3-5-13(10-12)17-8-6-16(2)7-9-17/h3-5,10,15H,6-9,11H2,1-2H3. The van der Waals surface area contributed by atoms with Crippen molar-refractivity contribution >= 4 is 11.5 Å². The summed E-state index contributed by atoms with van der Waals surface area (Å²) in [5.74, 6) is 0.147. The van der Waals surface area contributed by atoms with Gasteiger partial charge in [0.2, 0.25) is 0 Å². The molecule has 0 saturated carbocycles. The van der Waals surface area contributed by atoms with E-state index in [1.807, 2.05) is 18.2 Å². The zero-order valence-electron chi connectivity index (χ0n) is 11.1. The lowest BCUT2D eigenvalue weighted by Crippen LogP contribution is -2.44. The second-order valence-electron chi connectivity index (χ2n) is 4.79. The highest BCUT2D eigenvalue weighted by molar-refractivity contribution is 5.98. The van der Waals surface area contributed by atoms with Crippen LogP contribution >= 0.6 is 0 Å². The third-order valence-electron chi connectivity index (χ3n) is 3.37. The SMILES string of the molecule is CNCC(=O)c1cccc(N2CCN(C)CC2)c1. The molecule has 0 radical (unpaired) electrons. The third kappa shape index (κ3) is 3.09. The lowest BCUT2D eigenvalue weighted by atomic mass is 10.1. The summed E-state index contributed by atoms with van der Waals surface area (Å²) >= 11 is 0. The predicted octanol–water partition coefficient (Wildman–Crippen LogP) is 0.841. The van der Waals surface area contributed by atoms with Gasteiger partial charge in [-0.1, -0.05) is 12.1 Å². The third-order valence-corrected chi connectivity index (χ3v) is 3.37. The number of nitrogens with zero attached hydrogens (tertiary/aromatic N) is 2. The first-order valence-electron chi connectivity index (χ1n) is 6.42. The summed E-state index contributed by atoms with van der Waals surface area (Å²) in [6, 6.07) is 7.95. The van der Waals surface area contributed by atoms with Gasteiger partial charge in [0.05, 0.1) is 6.54 Å². The van der Waals surface area contributed by atoms with Crippen LogP contribution in [0, 0.1) is 0 Å². The van der Waals surface area contributed by atoms with Gasteiger partial charge in [-0.25, -0.2) is 0 Å². The van der Waals surface area contributed by atoms with Crippen molar-refractivity contribution in [3.63, 3.8) is 0 Å². The molecular weight excluding hydrogens is 226 g/mol. The number of piperazine rings is 1. The number of rotatable bonds is 4. The van der Waals surface area contributed by atoms with Crippen LogP contribution in [-0.4, -0.2) is 57.5 Å². The molecule has 0 spiro atoms. The minimum atomic E-state index is 0.147. The molecule has 1 aliphatic rings. The number of ketones is 1. The van der Waals surface area contributed by atoms with Gasteiger partial charge in [-0.2, -0.15) is 0 Å². The van der Waals surface area contributed by atoms with E-state index in [-0.39, 0.29) is 5.78 Å². The maximum Gasteiger partial charge on any atom is 0.176 e. The minimum Gasteiger partial charge on any atom is -0.369 e. The van der Waals surface area contributed by atoms with Crippen molar-refractivity contribution < 1.29 is 4.79 Å². The van der Waals surface area contributed by atoms with Crippen molar-refractivity contribution in [2.75, 3.05) is 51.7 Å².